The van der Waals surface area contributed by atoms with E-state index in [9.17, 15) is 17.4 Å². The van der Waals surface area contributed by atoms with Crippen LogP contribution in [-0.2, 0) is 16.6 Å². The van der Waals surface area contributed by atoms with Gasteiger partial charge in [0.1, 0.15) is 22.3 Å². The van der Waals surface area contributed by atoms with Gasteiger partial charge in [-0.3, -0.25) is 4.21 Å². The molecule has 0 saturated heterocycles. The van der Waals surface area contributed by atoms with Crippen molar-refractivity contribution >= 4 is 28.1 Å². The van der Waals surface area contributed by atoms with E-state index in [0.29, 0.717) is 5.56 Å². The molecular formula is C13H9ClF3NOS. The van der Waals surface area contributed by atoms with E-state index in [-0.39, 0.29) is 16.5 Å². The second-order valence-corrected chi connectivity index (χ2v) is 5.85. The van der Waals surface area contributed by atoms with Crippen LogP contribution < -0.4 is 5.73 Å². The predicted octanol–water partition coefficient (Wildman–Crippen LogP) is 3.65. The predicted molar refractivity (Wildman–Crippen MR) is 72.3 cm³/mol. The molecule has 1 atom stereocenters. The Morgan fingerprint density at radius 1 is 1.05 bits per heavy atom. The van der Waals surface area contributed by atoms with Gasteiger partial charge in [0, 0.05) is 5.69 Å². The van der Waals surface area contributed by atoms with Gasteiger partial charge in [0.2, 0.25) is 0 Å². The molecule has 0 aliphatic heterocycles. The maximum atomic E-state index is 13.6. The zero-order chi connectivity index (χ0) is 14.9. The van der Waals surface area contributed by atoms with E-state index in [2.05, 4.69) is 0 Å². The number of rotatable bonds is 3. The molecule has 7 heteroatoms. The third kappa shape index (κ3) is 3.13. The molecule has 0 fully saturated rings. The van der Waals surface area contributed by atoms with Crippen LogP contribution in [0, 0.1) is 17.5 Å². The van der Waals surface area contributed by atoms with Crippen LogP contribution in [0.4, 0.5) is 18.9 Å². The molecule has 0 radical (unpaired) electrons. The summed E-state index contributed by atoms with van der Waals surface area (Å²) in [4.78, 5) is -0.574. The summed E-state index contributed by atoms with van der Waals surface area (Å²) < 4.78 is 52.4. The topological polar surface area (TPSA) is 43.1 Å². The Balaban J connectivity index is 2.31. The summed E-state index contributed by atoms with van der Waals surface area (Å²) in [6, 6.07) is 5.58. The van der Waals surface area contributed by atoms with E-state index in [1.54, 1.807) is 0 Å². The second kappa shape index (κ2) is 5.85. The summed E-state index contributed by atoms with van der Waals surface area (Å²) in [5.74, 6) is -2.89. The number of halogens is 4. The fourth-order valence-electron chi connectivity index (χ4n) is 1.65. The molecule has 0 saturated carbocycles. The maximum absolute atomic E-state index is 13.6. The first kappa shape index (κ1) is 14.9. The highest BCUT2D eigenvalue weighted by atomic mass is 35.5. The molecule has 0 heterocycles. The van der Waals surface area contributed by atoms with Gasteiger partial charge in [0.25, 0.3) is 0 Å². The number of nitrogen functional groups attached to an aromatic ring is 1. The van der Waals surface area contributed by atoms with Gasteiger partial charge in [-0.15, -0.1) is 0 Å². The Bertz CT molecular complexity index is 670. The quantitative estimate of drug-likeness (QED) is 0.878. The molecule has 0 aliphatic carbocycles. The van der Waals surface area contributed by atoms with Crippen LogP contribution in [0.15, 0.2) is 35.2 Å². The molecule has 106 valence electrons. The Hall–Kier alpha value is -1.53. The number of hydrogen-bond acceptors (Lipinski definition) is 2. The molecule has 0 spiro atoms. The van der Waals surface area contributed by atoms with Gasteiger partial charge >= 0.3 is 0 Å². The van der Waals surface area contributed by atoms with Crippen molar-refractivity contribution in [3.05, 3.63) is 58.4 Å². The molecule has 0 aliphatic rings. The summed E-state index contributed by atoms with van der Waals surface area (Å²) in [5.41, 5.74) is 5.50. The van der Waals surface area contributed by atoms with Crippen LogP contribution in [-0.4, -0.2) is 4.21 Å². The lowest BCUT2D eigenvalue weighted by atomic mass is 10.2. The largest absolute Gasteiger partial charge is 0.399 e. The van der Waals surface area contributed by atoms with Crippen LogP contribution in [0.1, 0.15) is 5.56 Å². The standard InChI is InChI=1S/C13H9ClF3NOS/c14-9-2-1-7(3-10(9)15)6-20(19)13-11(16)4-8(18)5-12(13)17/h1-5H,6,18H2. The number of nitrogens with two attached hydrogens (primary N) is 1. The molecule has 20 heavy (non-hydrogen) atoms. The summed E-state index contributed by atoms with van der Waals surface area (Å²) in [6.45, 7) is 0. The first-order valence-corrected chi connectivity index (χ1v) is 7.15. The van der Waals surface area contributed by atoms with Crippen LogP contribution in [0.3, 0.4) is 0 Å². The van der Waals surface area contributed by atoms with Crippen molar-refractivity contribution in [2.45, 2.75) is 10.6 Å². The third-order valence-electron chi connectivity index (χ3n) is 2.53. The Morgan fingerprint density at radius 3 is 2.20 bits per heavy atom. The fourth-order valence-corrected chi connectivity index (χ4v) is 2.95. The average Bonchev–Trinajstić information content (AvgIpc) is 2.32. The van der Waals surface area contributed by atoms with E-state index in [4.69, 9.17) is 17.3 Å². The van der Waals surface area contributed by atoms with Crippen LogP contribution in [0.25, 0.3) is 0 Å². The average molecular weight is 320 g/mol. The van der Waals surface area contributed by atoms with Gasteiger partial charge in [-0.1, -0.05) is 17.7 Å². The minimum Gasteiger partial charge on any atom is -0.399 e. The highest BCUT2D eigenvalue weighted by Crippen LogP contribution is 2.23. The Morgan fingerprint density at radius 2 is 1.65 bits per heavy atom. The first-order chi connectivity index (χ1) is 9.38. The van der Waals surface area contributed by atoms with E-state index in [1.165, 1.54) is 12.1 Å². The lowest BCUT2D eigenvalue weighted by Crippen LogP contribution is -2.04. The van der Waals surface area contributed by atoms with Crippen LogP contribution >= 0.6 is 11.6 Å². The molecule has 1 unspecified atom stereocenters. The number of hydrogen-bond donors (Lipinski definition) is 1. The molecule has 2 nitrogen and oxygen atoms in total. The lowest BCUT2D eigenvalue weighted by Gasteiger charge is -2.07. The summed E-state index contributed by atoms with van der Waals surface area (Å²) >= 11 is 5.52. The number of benzene rings is 2. The highest BCUT2D eigenvalue weighted by Gasteiger charge is 2.17. The van der Waals surface area contributed by atoms with E-state index >= 15 is 0 Å². The Labute approximate surface area is 120 Å². The molecule has 0 aromatic heterocycles. The molecule has 0 amide bonds. The molecule has 2 rings (SSSR count). The lowest BCUT2D eigenvalue weighted by molar-refractivity contribution is 0.535. The molecule has 2 aromatic carbocycles. The van der Waals surface area contributed by atoms with Crippen molar-refractivity contribution in [3.8, 4) is 0 Å². The van der Waals surface area contributed by atoms with Gasteiger partial charge in [-0.05, 0) is 29.8 Å². The zero-order valence-corrected chi connectivity index (χ0v) is 11.6. The summed E-state index contributed by atoms with van der Waals surface area (Å²) in [5, 5.41) is -0.0793. The van der Waals surface area contributed by atoms with Gasteiger partial charge in [0.15, 0.2) is 0 Å². The van der Waals surface area contributed by atoms with Gasteiger partial charge < -0.3 is 5.73 Å². The van der Waals surface area contributed by atoms with Gasteiger partial charge in [-0.25, -0.2) is 13.2 Å². The van der Waals surface area contributed by atoms with Crippen LogP contribution in [0.2, 0.25) is 5.02 Å². The minimum atomic E-state index is -2.00. The van der Waals surface area contributed by atoms with Crippen molar-refractivity contribution in [1.29, 1.82) is 0 Å². The minimum absolute atomic E-state index is 0.0793. The van der Waals surface area contributed by atoms with Gasteiger partial charge in [-0.2, -0.15) is 0 Å². The maximum Gasteiger partial charge on any atom is 0.144 e. The van der Waals surface area contributed by atoms with E-state index in [1.807, 2.05) is 0 Å². The molecular weight excluding hydrogens is 311 g/mol. The van der Waals surface area contributed by atoms with Crippen LogP contribution in [0.5, 0.6) is 0 Å². The smallest absolute Gasteiger partial charge is 0.144 e. The van der Waals surface area contributed by atoms with Crippen molar-refractivity contribution < 1.29 is 17.4 Å². The van der Waals surface area contributed by atoms with E-state index in [0.717, 1.165) is 18.2 Å². The van der Waals surface area contributed by atoms with Crippen molar-refractivity contribution in [2.24, 2.45) is 0 Å². The summed E-state index contributed by atoms with van der Waals surface area (Å²) in [6.07, 6.45) is 0. The van der Waals surface area contributed by atoms with Crippen molar-refractivity contribution in [3.63, 3.8) is 0 Å². The highest BCUT2D eigenvalue weighted by molar-refractivity contribution is 7.84. The molecule has 2 aromatic rings. The normalized spacial score (nSPS) is 12.4. The monoisotopic (exact) mass is 319 g/mol. The first-order valence-electron chi connectivity index (χ1n) is 5.45. The van der Waals surface area contributed by atoms with Gasteiger partial charge in [0.05, 0.1) is 21.6 Å². The molecule has 2 N–H and O–H groups in total. The summed E-state index contributed by atoms with van der Waals surface area (Å²) in [7, 11) is -2.00. The SMILES string of the molecule is Nc1cc(F)c(S(=O)Cc2ccc(Cl)c(F)c2)c(F)c1. The fraction of sp³-hybridized carbons (Fsp3) is 0.0769. The van der Waals surface area contributed by atoms with Crippen molar-refractivity contribution in [1.82, 2.24) is 0 Å². The number of anilines is 1. The van der Waals surface area contributed by atoms with E-state index < -0.39 is 33.1 Å². The zero-order valence-electron chi connectivity index (χ0n) is 10.00. The Kier molecular flexibility index (Phi) is 4.35. The van der Waals surface area contributed by atoms with Crippen molar-refractivity contribution in [2.75, 3.05) is 5.73 Å². The third-order valence-corrected chi connectivity index (χ3v) is 4.28. The second-order valence-electron chi connectivity index (χ2n) is 4.05. The molecule has 0 bridgehead atoms.